The molecule has 0 saturated heterocycles. The van der Waals surface area contributed by atoms with E-state index < -0.39 is 0 Å². The second-order valence-electron chi connectivity index (χ2n) is 3.23. The molecular weight excluding hydrogens is 214 g/mol. The van der Waals surface area contributed by atoms with E-state index in [1.165, 1.54) is 0 Å². The molecule has 0 aliphatic heterocycles. The number of likely N-dealkylation sites (N-methyl/N-ethyl adjacent to an activating group) is 1. The lowest BCUT2D eigenvalue weighted by atomic mass is 10.0. The molecule has 0 fully saturated rings. The molecule has 0 saturated carbocycles. The smallest absolute Gasteiger partial charge is 0.151 e. The van der Waals surface area contributed by atoms with Crippen LogP contribution in [0.5, 0.6) is 5.75 Å². The first-order valence-corrected chi connectivity index (χ1v) is 4.99. The molecule has 82 valence electrons. The largest absolute Gasteiger partial charge is 0.495 e. The lowest BCUT2D eigenvalue weighted by Gasteiger charge is -2.14. The normalized spacial score (nSPS) is 12.3. The number of carbonyl (C=O) groups excluding carboxylic acids is 1. The fraction of sp³-hybridized carbons (Fsp3) is 0.364. The molecule has 1 rings (SSSR count). The van der Waals surface area contributed by atoms with Crippen molar-refractivity contribution in [2.45, 2.75) is 13.0 Å². The minimum Gasteiger partial charge on any atom is -0.495 e. The van der Waals surface area contributed by atoms with Crippen LogP contribution in [0.25, 0.3) is 0 Å². The first kappa shape index (κ1) is 12.0. The van der Waals surface area contributed by atoms with Crippen LogP contribution in [-0.4, -0.2) is 19.9 Å². The lowest BCUT2D eigenvalue weighted by molar-refractivity contribution is -0.119. The summed E-state index contributed by atoms with van der Waals surface area (Å²) in [6.45, 7) is 1.54. The average Bonchev–Trinajstić information content (AvgIpc) is 2.18. The van der Waals surface area contributed by atoms with Crippen molar-refractivity contribution in [2.75, 3.05) is 14.2 Å². The molecule has 0 bridgehead atoms. The number of hydrogen-bond donors (Lipinski definition) is 1. The van der Waals surface area contributed by atoms with Gasteiger partial charge in [-0.2, -0.15) is 0 Å². The molecule has 1 N–H and O–H groups in total. The first-order valence-electron chi connectivity index (χ1n) is 4.61. The Morgan fingerprint density at radius 3 is 2.60 bits per heavy atom. The van der Waals surface area contributed by atoms with Crippen molar-refractivity contribution in [3.05, 3.63) is 28.8 Å². The monoisotopic (exact) mass is 227 g/mol. The molecule has 0 heterocycles. The minimum absolute atomic E-state index is 0.0544. The number of methoxy groups -OCH3 is 1. The average molecular weight is 228 g/mol. The third-order valence-electron chi connectivity index (χ3n) is 2.20. The lowest BCUT2D eigenvalue weighted by Crippen LogP contribution is -2.23. The van der Waals surface area contributed by atoms with Crippen molar-refractivity contribution in [1.29, 1.82) is 0 Å². The molecule has 0 aliphatic rings. The van der Waals surface area contributed by atoms with Gasteiger partial charge in [0.05, 0.1) is 18.2 Å². The highest BCUT2D eigenvalue weighted by molar-refractivity contribution is 6.32. The van der Waals surface area contributed by atoms with E-state index in [1.807, 2.05) is 6.07 Å². The molecule has 1 aromatic rings. The maximum atomic E-state index is 11.3. The van der Waals surface area contributed by atoms with Gasteiger partial charge in [-0.25, -0.2) is 0 Å². The highest BCUT2D eigenvalue weighted by Crippen LogP contribution is 2.27. The predicted molar refractivity (Wildman–Crippen MR) is 60.5 cm³/mol. The van der Waals surface area contributed by atoms with E-state index in [0.29, 0.717) is 10.8 Å². The Labute approximate surface area is 94.4 Å². The van der Waals surface area contributed by atoms with Crippen molar-refractivity contribution < 1.29 is 9.53 Å². The summed E-state index contributed by atoms with van der Waals surface area (Å²) in [7, 11) is 3.30. The zero-order valence-corrected chi connectivity index (χ0v) is 9.76. The number of Topliss-reactive ketones (excluding diaryl/α,β-unsaturated/α-hetero) is 1. The van der Waals surface area contributed by atoms with Crippen molar-refractivity contribution in [3.8, 4) is 5.75 Å². The van der Waals surface area contributed by atoms with Gasteiger partial charge in [0.1, 0.15) is 5.75 Å². The van der Waals surface area contributed by atoms with Crippen LogP contribution in [0.1, 0.15) is 18.5 Å². The van der Waals surface area contributed by atoms with Gasteiger partial charge in [-0.1, -0.05) is 17.7 Å². The molecule has 0 radical (unpaired) electrons. The van der Waals surface area contributed by atoms with E-state index in [0.717, 1.165) is 5.56 Å². The van der Waals surface area contributed by atoms with Crippen LogP contribution in [0.15, 0.2) is 18.2 Å². The Hall–Kier alpha value is -1.06. The molecule has 0 amide bonds. The van der Waals surface area contributed by atoms with Crippen molar-refractivity contribution in [3.63, 3.8) is 0 Å². The van der Waals surface area contributed by atoms with E-state index >= 15 is 0 Å². The van der Waals surface area contributed by atoms with Crippen LogP contribution in [0.4, 0.5) is 0 Å². The van der Waals surface area contributed by atoms with Crippen molar-refractivity contribution in [2.24, 2.45) is 0 Å². The molecule has 0 spiro atoms. The minimum atomic E-state index is -0.312. The number of hydrogen-bond acceptors (Lipinski definition) is 3. The zero-order chi connectivity index (χ0) is 11.4. The van der Waals surface area contributed by atoms with Gasteiger partial charge in [-0.3, -0.25) is 4.79 Å². The molecule has 1 unspecified atom stereocenters. The van der Waals surface area contributed by atoms with Crippen molar-refractivity contribution in [1.82, 2.24) is 5.32 Å². The third kappa shape index (κ3) is 2.70. The molecule has 15 heavy (non-hydrogen) atoms. The van der Waals surface area contributed by atoms with Gasteiger partial charge >= 0.3 is 0 Å². The molecule has 4 heteroatoms. The molecule has 1 atom stereocenters. The van der Waals surface area contributed by atoms with Crippen LogP contribution in [0, 0.1) is 0 Å². The van der Waals surface area contributed by atoms with E-state index in [2.05, 4.69) is 5.32 Å². The summed E-state index contributed by atoms with van der Waals surface area (Å²) >= 11 is 5.97. The van der Waals surface area contributed by atoms with E-state index in [9.17, 15) is 4.79 Å². The molecule has 1 aromatic carbocycles. The van der Waals surface area contributed by atoms with E-state index in [1.54, 1.807) is 33.2 Å². The van der Waals surface area contributed by atoms with Gasteiger partial charge in [0.25, 0.3) is 0 Å². The summed E-state index contributed by atoms with van der Waals surface area (Å²) in [5.41, 5.74) is 0.843. The Bertz CT molecular complexity index is 366. The maximum absolute atomic E-state index is 11.3. The Balaban J connectivity index is 3.05. The molecule has 3 nitrogen and oxygen atoms in total. The second-order valence-corrected chi connectivity index (χ2v) is 3.63. The van der Waals surface area contributed by atoms with Gasteiger partial charge < -0.3 is 10.1 Å². The highest BCUT2D eigenvalue weighted by atomic mass is 35.5. The summed E-state index contributed by atoms with van der Waals surface area (Å²) in [6, 6.07) is 5.01. The number of halogens is 1. The Morgan fingerprint density at radius 1 is 1.53 bits per heavy atom. The number of ketones is 1. The fourth-order valence-electron chi connectivity index (χ4n) is 1.47. The topological polar surface area (TPSA) is 38.3 Å². The number of rotatable bonds is 4. The van der Waals surface area contributed by atoms with E-state index in [-0.39, 0.29) is 11.8 Å². The molecule has 0 aliphatic carbocycles. The molecule has 0 aromatic heterocycles. The summed E-state index contributed by atoms with van der Waals surface area (Å²) < 4.78 is 5.04. The second kappa shape index (κ2) is 5.14. The quantitative estimate of drug-likeness (QED) is 0.857. The van der Waals surface area contributed by atoms with E-state index in [4.69, 9.17) is 16.3 Å². The molecular formula is C11H14ClNO2. The number of carbonyl (C=O) groups is 1. The van der Waals surface area contributed by atoms with Crippen LogP contribution in [0.3, 0.4) is 0 Å². The summed E-state index contributed by atoms with van der Waals surface area (Å²) in [4.78, 5) is 11.3. The van der Waals surface area contributed by atoms with Crippen LogP contribution >= 0.6 is 11.6 Å². The van der Waals surface area contributed by atoms with Crippen LogP contribution in [0.2, 0.25) is 5.02 Å². The van der Waals surface area contributed by atoms with Gasteiger partial charge in [-0.05, 0) is 31.7 Å². The van der Waals surface area contributed by atoms with Gasteiger partial charge in [0.2, 0.25) is 0 Å². The fourth-order valence-corrected chi connectivity index (χ4v) is 1.73. The number of benzene rings is 1. The maximum Gasteiger partial charge on any atom is 0.151 e. The van der Waals surface area contributed by atoms with Crippen LogP contribution in [-0.2, 0) is 4.79 Å². The summed E-state index contributed by atoms with van der Waals surface area (Å²) in [5, 5.41) is 3.44. The predicted octanol–water partition coefficient (Wildman–Crippen LogP) is 2.20. The highest BCUT2D eigenvalue weighted by Gasteiger charge is 2.15. The third-order valence-corrected chi connectivity index (χ3v) is 2.50. The Morgan fingerprint density at radius 2 is 2.20 bits per heavy atom. The summed E-state index contributed by atoms with van der Waals surface area (Å²) in [5.74, 6) is 0.664. The van der Waals surface area contributed by atoms with Crippen LogP contribution < -0.4 is 10.1 Å². The zero-order valence-electron chi connectivity index (χ0n) is 9.00. The van der Waals surface area contributed by atoms with Gasteiger partial charge in [-0.15, -0.1) is 0 Å². The summed E-state index contributed by atoms with van der Waals surface area (Å²) in [6.07, 6.45) is 0. The SMILES string of the molecule is CNC(C(C)=O)c1ccc(OC)c(Cl)c1. The number of ether oxygens (including phenoxy) is 1. The van der Waals surface area contributed by atoms with Crippen molar-refractivity contribution >= 4 is 17.4 Å². The Kier molecular flexibility index (Phi) is 4.12. The number of nitrogens with one attached hydrogen (secondary N) is 1. The standard InChI is InChI=1S/C11H14ClNO2/c1-7(14)11(13-2)8-4-5-10(15-3)9(12)6-8/h4-6,11,13H,1-3H3. The first-order chi connectivity index (χ1) is 7.10. The van der Waals surface area contributed by atoms with Gasteiger partial charge in [0, 0.05) is 0 Å². The van der Waals surface area contributed by atoms with Gasteiger partial charge in [0.15, 0.2) is 5.78 Å².